The summed E-state index contributed by atoms with van der Waals surface area (Å²) in [5.74, 6) is -0.355. The number of amides is 2. The van der Waals surface area contributed by atoms with E-state index < -0.39 is 6.09 Å². The fourth-order valence-corrected chi connectivity index (χ4v) is 1.38. The highest BCUT2D eigenvalue weighted by molar-refractivity contribution is 14.1. The van der Waals surface area contributed by atoms with Crippen molar-refractivity contribution in [3.63, 3.8) is 0 Å². The van der Waals surface area contributed by atoms with Crippen LogP contribution < -0.4 is 5.32 Å². The van der Waals surface area contributed by atoms with E-state index >= 15 is 0 Å². The number of halogens is 1. The molecule has 6 heteroatoms. The summed E-state index contributed by atoms with van der Waals surface area (Å²) in [5.41, 5.74) is 0.657. The largest absolute Gasteiger partial charge is 0.465 e. The number of carboxylic acid groups (broad SMARTS) is 1. The first-order valence-corrected chi connectivity index (χ1v) is 5.56. The van der Waals surface area contributed by atoms with Gasteiger partial charge in [-0.2, -0.15) is 0 Å². The van der Waals surface area contributed by atoms with Crippen LogP contribution in [0.15, 0.2) is 24.3 Å². The van der Waals surface area contributed by atoms with E-state index in [-0.39, 0.29) is 12.5 Å². The predicted molar refractivity (Wildman–Crippen MR) is 68.4 cm³/mol. The van der Waals surface area contributed by atoms with E-state index in [0.717, 1.165) is 8.47 Å². The molecule has 0 aliphatic heterocycles. The van der Waals surface area contributed by atoms with Crippen molar-refractivity contribution in [2.24, 2.45) is 0 Å². The van der Waals surface area contributed by atoms with Crippen LogP contribution in [0.2, 0.25) is 0 Å². The van der Waals surface area contributed by atoms with Crippen LogP contribution in [0, 0.1) is 3.57 Å². The summed E-state index contributed by atoms with van der Waals surface area (Å²) in [4.78, 5) is 22.8. The molecule has 0 fully saturated rings. The quantitative estimate of drug-likeness (QED) is 0.829. The summed E-state index contributed by atoms with van der Waals surface area (Å²) in [6.07, 6.45) is -1.13. The normalized spacial score (nSPS) is 9.62. The fraction of sp³-hybridized carbons (Fsp3) is 0.200. The van der Waals surface area contributed by atoms with Crippen LogP contribution in [-0.2, 0) is 4.79 Å². The van der Waals surface area contributed by atoms with Gasteiger partial charge in [0, 0.05) is 16.3 Å². The van der Waals surface area contributed by atoms with Gasteiger partial charge in [0.1, 0.15) is 6.54 Å². The van der Waals surface area contributed by atoms with Gasteiger partial charge in [0.2, 0.25) is 5.91 Å². The molecule has 0 saturated heterocycles. The Morgan fingerprint density at radius 2 is 1.94 bits per heavy atom. The Hall–Kier alpha value is -1.31. The zero-order valence-corrected chi connectivity index (χ0v) is 10.8. The monoisotopic (exact) mass is 334 g/mol. The highest BCUT2D eigenvalue weighted by atomic mass is 127. The molecule has 86 valence electrons. The summed E-state index contributed by atoms with van der Waals surface area (Å²) in [6.45, 7) is -0.179. The van der Waals surface area contributed by atoms with Crippen molar-refractivity contribution in [1.82, 2.24) is 4.90 Å². The molecule has 0 bridgehead atoms. The number of hydrogen-bond donors (Lipinski definition) is 2. The van der Waals surface area contributed by atoms with E-state index in [9.17, 15) is 9.59 Å². The van der Waals surface area contributed by atoms with Crippen LogP contribution in [0.1, 0.15) is 0 Å². The average molecular weight is 334 g/mol. The lowest BCUT2D eigenvalue weighted by Gasteiger charge is -2.12. The fourth-order valence-electron chi connectivity index (χ4n) is 1.02. The third-order valence-corrected chi connectivity index (χ3v) is 2.55. The molecule has 5 nitrogen and oxygen atoms in total. The van der Waals surface area contributed by atoms with Crippen LogP contribution in [0.25, 0.3) is 0 Å². The minimum atomic E-state index is -1.13. The van der Waals surface area contributed by atoms with Gasteiger partial charge in [-0.15, -0.1) is 0 Å². The first-order valence-electron chi connectivity index (χ1n) is 4.48. The molecule has 0 heterocycles. The molecule has 1 aromatic rings. The number of likely N-dealkylation sites (N-methyl/N-ethyl adjacent to an activating group) is 1. The van der Waals surface area contributed by atoms with Crippen LogP contribution in [-0.4, -0.2) is 35.6 Å². The molecule has 2 N–H and O–H groups in total. The number of carbonyl (C=O) groups is 2. The first kappa shape index (κ1) is 12.8. The topological polar surface area (TPSA) is 69.6 Å². The Morgan fingerprint density at radius 3 is 2.44 bits per heavy atom. The molecule has 0 unspecified atom stereocenters. The van der Waals surface area contributed by atoms with Gasteiger partial charge in [-0.05, 0) is 46.9 Å². The molecule has 16 heavy (non-hydrogen) atoms. The van der Waals surface area contributed by atoms with Crippen molar-refractivity contribution in [1.29, 1.82) is 0 Å². The lowest BCUT2D eigenvalue weighted by atomic mass is 10.3. The van der Waals surface area contributed by atoms with Gasteiger partial charge in [-0.3, -0.25) is 4.79 Å². The van der Waals surface area contributed by atoms with E-state index in [1.54, 1.807) is 12.1 Å². The molecule has 2 amide bonds. The second kappa shape index (κ2) is 5.69. The molecule has 0 radical (unpaired) electrons. The van der Waals surface area contributed by atoms with Crippen molar-refractivity contribution in [2.45, 2.75) is 0 Å². The maximum Gasteiger partial charge on any atom is 0.407 e. The third kappa shape index (κ3) is 4.05. The third-order valence-electron chi connectivity index (χ3n) is 1.84. The minimum Gasteiger partial charge on any atom is -0.465 e. The molecule has 0 aromatic heterocycles. The lowest BCUT2D eigenvalue weighted by molar-refractivity contribution is -0.116. The molecule has 1 rings (SSSR count). The Morgan fingerprint density at radius 1 is 1.38 bits per heavy atom. The molecule has 0 aliphatic rings. The van der Waals surface area contributed by atoms with Crippen molar-refractivity contribution >= 4 is 40.3 Å². The maximum atomic E-state index is 11.4. The summed E-state index contributed by atoms with van der Waals surface area (Å²) >= 11 is 2.16. The average Bonchev–Trinajstić information content (AvgIpc) is 2.21. The van der Waals surface area contributed by atoms with Crippen molar-refractivity contribution in [2.75, 3.05) is 18.9 Å². The van der Waals surface area contributed by atoms with Gasteiger partial charge in [-0.1, -0.05) is 0 Å². The first-order chi connectivity index (χ1) is 7.49. The minimum absolute atomic E-state index is 0.179. The number of rotatable bonds is 3. The van der Waals surface area contributed by atoms with Gasteiger partial charge in [0.05, 0.1) is 0 Å². The molecule has 0 saturated carbocycles. The summed E-state index contributed by atoms with van der Waals surface area (Å²) in [6, 6.07) is 7.25. The SMILES string of the molecule is CN(CC(=O)Nc1ccc(I)cc1)C(=O)O. The summed E-state index contributed by atoms with van der Waals surface area (Å²) in [5, 5.41) is 11.2. The Kier molecular flexibility index (Phi) is 4.53. The number of hydrogen-bond acceptors (Lipinski definition) is 2. The molecular formula is C10H11IN2O3. The van der Waals surface area contributed by atoms with E-state index in [1.165, 1.54) is 7.05 Å². The van der Waals surface area contributed by atoms with E-state index in [4.69, 9.17) is 5.11 Å². The van der Waals surface area contributed by atoms with Crippen molar-refractivity contribution in [3.8, 4) is 0 Å². The molecular weight excluding hydrogens is 323 g/mol. The van der Waals surface area contributed by atoms with Crippen molar-refractivity contribution in [3.05, 3.63) is 27.8 Å². The van der Waals surface area contributed by atoms with E-state index in [2.05, 4.69) is 27.9 Å². The maximum absolute atomic E-state index is 11.4. The highest BCUT2D eigenvalue weighted by Gasteiger charge is 2.10. The number of carbonyl (C=O) groups excluding carboxylic acids is 1. The van der Waals surface area contributed by atoms with Gasteiger partial charge >= 0.3 is 6.09 Å². The van der Waals surface area contributed by atoms with Crippen LogP contribution in [0.3, 0.4) is 0 Å². The van der Waals surface area contributed by atoms with Gasteiger partial charge in [-0.25, -0.2) is 4.79 Å². The van der Waals surface area contributed by atoms with Gasteiger partial charge in [0.15, 0.2) is 0 Å². The van der Waals surface area contributed by atoms with Crippen LogP contribution >= 0.6 is 22.6 Å². The van der Waals surface area contributed by atoms with Crippen LogP contribution in [0.5, 0.6) is 0 Å². The second-order valence-corrected chi connectivity index (χ2v) is 4.44. The Labute approximate surface area is 107 Å². The van der Waals surface area contributed by atoms with E-state index in [1.807, 2.05) is 12.1 Å². The Bertz CT molecular complexity index is 392. The number of anilines is 1. The van der Waals surface area contributed by atoms with E-state index in [0.29, 0.717) is 5.69 Å². The number of nitrogens with one attached hydrogen (secondary N) is 1. The van der Waals surface area contributed by atoms with Crippen molar-refractivity contribution < 1.29 is 14.7 Å². The summed E-state index contributed by atoms with van der Waals surface area (Å²) in [7, 11) is 1.34. The van der Waals surface area contributed by atoms with Gasteiger partial charge in [0.25, 0.3) is 0 Å². The molecule has 0 aliphatic carbocycles. The highest BCUT2D eigenvalue weighted by Crippen LogP contribution is 2.10. The summed E-state index contributed by atoms with van der Waals surface area (Å²) < 4.78 is 1.07. The second-order valence-electron chi connectivity index (χ2n) is 3.19. The Balaban J connectivity index is 2.52. The lowest BCUT2D eigenvalue weighted by Crippen LogP contribution is -2.33. The predicted octanol–water partition coefficient (Wildman–Crippen LogP) is 1.84. The molecule has 0 spiro atoms. The number of benzene rings is 1. The standard InChI is InChI=1S/C10H11IN2O3/c1-13(10(15)16)6-9(14)12-8-4-2-7(11)3-5-8/h2-5H,6H2,1H3,(H,12,14)(H,15,16). The smallest absolute Gasteiger partial charge is 0.407 e. The number of nitrogens with zero attached hydrogens (tertiary/aromatic N) is 1. The molecule has 0 atom stereocenters. The molecule has 1 aromatic carbocycles. The zero-order valence-electron chi connectivity index (χ0n) is 8.61. The van der Waals surface area contributed by atoms with Gasteiger partial charge < -0.3 is 15.3 Å². The van der Waals surface area contributed by atoms with Crippen LogP contribution in [0.4, 0.5) is 10.5 Å². The zero-order chi connectivity index (χ0) is 12.1.